The summed E-state index contributed by atoms with van der Waals surface area (Å²) < 4.78 is 5.40. The number of carbonyl (C=O) groups excluding carboxylic acids is 2. The van der Waals surface area contributed by atoms with Gasteiger partial charge in [-0.25, -0.2) is 4.79 Å². The van der Waals surface area contributed by atoms with Crippen LogP contribution in [0.25, 0.3) is 0 Å². The van der Waals surface area contributed by atoms with Gasteiger partial charge >= 0.3 is 11.7 Å². The van der Waals surface area contributed by atoms with Crippen LogP contribution in [-0.2, 0) is 4.79 Å². The Kier molecular flexibility index (Phi) is 4.06. The topological polar surface area (TPSA) is 102 Å². The molecular weight excluding hydrogens is 278 g/mol. The van der Waals surface area contributed by atoms with Crippen molar-refractivity contribution >= 4 is 17.6 Å². The summed E-state index contributed by atoms with van der Waals surface area (Å²) in [6.07, 6.45) is -0.991. The van der Waals surface area contributed by atoms with Crippen LogP contribution in [0.2, 0.25) is 0 Å². The molecule has 1 aromatic rings. The maximum absolute atomic E-state index is 12.1. The number of amides is 3. The molecule has 1 atom stereocenters. The molecule has 1 saturated heterocycles. The smallest absolute Gasteiger partial charge is 0.324 e. The molecule has 0 saturated carbocycles. The molecule has 112 valence electrons. The summed E-state index contributed by atoms with van der Waals surface area (Å²) in [4.78, 5) is 34.9. The predicted molar refractivity (Wildman–Crippen MR) is 73.0 cm³/mol. The van der Waals surface area contributed by atoms with Crippen molar-refractivity contribution in [2.75, 3.05) is 13.1 Å². The number of benzene rings is 1. The zero-order chi connectivity index (χ0) is 15.6. The van der Waals surface area contributed by atoms with Crippen LogP contribution in [0.1, 0.15) is 12.5 Å². The largest absolute Gasteiger partial charge is 0.474 e. The quantitative estimate of drug-likeness (QED) is 0.664. The van der Waals surface area contributed by atoms with E-state index in [-0.39, 0.29) is 18.0 Å². The lowest BCUT2D eigenvalue weighted by Crippen LogP contribution is -2.42. The molecule has 21 heavy (non-hydrogen) atoms. The van der Waals surface area contributed by atoms with Crippen LogP contribution >= 0.6 is 0 Å². The number of urea groups is 1. The summed E-state index contributed by atoms with van der Waals surface area (Å²) in [5.74, 6) is -0.513. The van der Waals surface area contributed by atoms with E-state index in [0.29, 0.717) is 6.54 Å². The minimum absolute atomic E-state index is 0.0143. The fraction of sp³-hybridized carbons (Fsp3) is 0.385. The van der Waals surface area contributed by atoms with Gasteiger partial charge in [0.15, 0.2) is 11.9 Å². The number of nitro groups is 1. The van der Waals surface area contributed by atoms with Crippen molar-refractivity contribution in [1.82, 2.24) is 10.2 Å². The molecule has 0 spiro atoms. The molecule has 1 aromatic carbocycles. The fourth-order valence-electron chi connectivity index (χ4n) is 2.01. The molecule has 1 heterocycles. The van der Waals surface area contributed by atoms with E-state index in [1.165, 1.54) is 19.1 Å². The summed E-state index contributed by atoms with van der Waals surface area (Å²) in [7, 11) is 0. The Balaban J connectivity index is 2.17. The van der Waals surface area contributed by atoms with Gasteiger partial charge in [0.1, 0.15) is 0 Å². The molecule has 8 heteroatoms. The van der Waals surface area contributed by atoms with Crippen molar-refractivity contribution in [3.63, 3.8) is 0 Å². The number of ether oxygens (including phenoxy) is 1. The minimum atomic E-state index is -0.991. The summed E-state index contributed by atoms with van der Waals surface area (Å²) in [6, 6.07) is 3.93. The van der Waals surface area contributed by atoms with Gasteiger partial charge in [-0.3, -0.25) is 19.8 Å². The molecule has 8 nitrogen and oxygen atoms in total. The third kappa shape index (κ3) is 3.10. The number of hydrogen-bond donors (Lipinski definition) is 1. The van der Waals surface area contributed by atoms with Gasteiger partial charge < -0.3 is 10.1 Å². The van der Waals surface area contributed by atoms with Crippen molar-refractivity contribution in [2.45, 2.75) is 20.0 Å². The number of hydrogen-bond acceptors (Lipinski definition) is 5. The predicted octanol–water partition coefficient (Wildman–Crippen LogP) is 1.22. The number of imide groups is 1. The second-order valence-electron chi connectivity index (χ2n) is 4.71. The van der Waals surface area contributed by atoms with Crippen molar-refractivity contribution in [3.05, 3.63) is 33.9 Å². The van der Waals surface area contributed by atoms with Gasteiger partial charge in [0.05, 0.1) is 4.92 Å². The summed E-state index contributed by atoms with van der Waals surface area (Å²) >= 11 is 0. The average molecular weight is 293 g/mol. The summed E-state index contributed by atoms with van der Waals surface area (Å²) in [6.45, 7) is 3.88. The molecule has 1 aliphatic heterocycles. The highest BCUT2D eigenvalue weighted by atomic mass is 16.6. The van der Waals surface area contributed by atoms with Gasteiger partial charge in [0.25, 0.3) is 5.91 Å². The molecule has 1 fully saturated rings. The van der Waals surface area contributed by atoms with Gasteiger partial charge in [0.2, 0.25) is 0 Å². The molecule has 0 bridgehead atoms. The highest BCUT2D eigenvalue weighted by Gasteiger charge is 2.31. The van der Waals surface area contributed by atoms with Crippen LogP contribution in [0.5, 0.6) is 5.75 Å². The molecule has 0 aromatic heterocycles. The Morgan fingerprint density at radius 3 is 2.81 bits per heavy atom. The lowest BCUT2D eigenvalue weighted by atomic mass is 10.2. The Hall–Kier alpha value is -2.64. The average Bonchev–Trinajstić information content (AvgIpc) is 2.83. The van der Waals surface area contributed by atoms with Gasteiger partial charge in [-0.15, -0.1) is 0 Å². The van der Waals surface area contributed by atoms with Gasteiger partial charge in [0, 0.05) is 19.2 Å². The van der Waals surface area contributed by atoms with Crippen molar-refractivity contribution in [3.8, 4) is 5.75 Å². The van der Waals surface area contributed by atoms with Crippen LogP contribution in [-0.4, -0.2) is 41.0 Å². The van der Waals surface area contributed by atoms with Gasteiger partial charge in [-0.2, -0.15) is 0 Å². The standard InChI is InChI=1S/C13H15N3O5/c1-8-3-4-10(16(19)20)11(7-8)21-9(2)12(17)15-6-5-14-13(15)18/h3-4,7,9H,5-6H2,1-2H3,(H,14,18). The first-order valence-electron chi connectivity index (χ1n) is 6.41. The third-order valence-electron chi connectivity index (χ3n) is 3.09. The maximum Gasteiger partial charge on any atom is 0.324 e. The normalized spacial score (nSPS) is 15.5. The summed E-state index contributed by atoms with van der Waals surface area (Å²) in [5.41, 5.74) is 0.556. The van der Waals surface area contributed by atoms with E-state index in [2.05, 4.69) is 5.32 Å². The SMILES string of the molecule is Cc1ccc([N+](=O)[O-])c(OC(C)C(=O)N2CCNC2=O)c1. The zero-order valence-electron chi connectivity index (χ0n) is 11.7. The molecule has 3 amide bonds. The number of nitro benzene ring substituents is 1. The van der Waals surface area contributed by atoms with Crippen LogP contribution in [0, 0.1) is 17.0 Å². The first kappa shape index (κ1) is 14.8. The molecule has 0 radical (unpaired) electrons. The second kappa shape index (κ2) is 5.78. The lowest BCUT2D eigenvalue weighted by Gasteiger charge is -2.19. The van der Waals surface area contributed by atoms with Gasteiger partial charge in [-0.05, 0) is 25.5 Å². The first-order chi connectivity index (χ1) is 9.90. The summed E-state index contributed by atoms with van der Waals surface area (Å²) in [5, 5.41) is 13.5. The lowest BCUT2D eigenvalue weighted by molar-refractivity contribution is -0.386. The number of aryl methyl sites for hydroxylation is 1. The van der Waals surface area contributed by atoms with Crippen molar-refractivity contribution in [1.29, 1.82) is 0 Å². The zero-order valence-corrected chi connectivity index (χ0v) is 11.7. The third-order valence-corrected chi connectivity index (χ3v) is 3.09. The van der Waals surface area contributed by atoms with Crippen molar-refractivity contribution < 1.29 is 19.2 Å². The van der Waals surface area contributed by atoms with Crippen molar-refractivity contribution in [2.24, 2.45) is 0 Å². The Bertz CT molecular complexity index is 601. The maximum atomic E-state index is 12.1. The van der Waals surface area contributed by atoms with E-state index >= 15 is 0 Å². The van der Waals surface area contributed by atoms with Crippen LogP contribution < -0.4 is 10.1 Å². The highest BCUT2D eigenvalue weighted by molar-refractivity contribution is 5.97. The highest BCUT2D eigenvalue weighted by Crippen LogP contribution is 2.28. The fourth-order valence-corrected chi connectivity index (χ4v) is 2.01. The van der Waals surface area contributed by atoms with E-state index in [4.69, 9.17) is 4.74 Å². The van der Waals surface area contributed by atoms with Crippen LogP contribution in [0.15, 0.2) is 18.2 Å². The number of rotatable bonds is 4. The van der Waals surface area contributed by atoms with E-state index in [1.54, 1.807) is 13.0 Å². The number of nitrogens with zero attached hydrogens (tertiary/aromatic N) is 2. The Morgan fingerprint density at radius 2 is 2.24 bits per heavy atom. The second-order valence-corrected chi connectivity index (χ2v) is 4.71. The number of carbonyl (C=O) groups is 2. The van der Waals surface area contributed by atoms with Crippen LogP contribution in [0.4, 0.5) is 10.5 Å². The first-order valence-corrected chi connectivity index (χ1v) is 6.41. The van der Waals surface area contributed by atoms with E-state index < -0.39 is 23.0 Å². The number of nitrogens with one attached hydrogen (secondary N) is 1. The van der Waals surface area contributed by atoms with Gasteiger partial charge in [-0.1, -0.05) is 6.07 Å². The Morgan fingerprint density at radius 1 is 1.52 bits per heavy atom. The molecule has 2 rings (SSSR count). The van der Waals surface area contributed by atoms with E-state index in [9.17, 15) is 19.7 Å². The Labute approximate surface area is 120 Å². The molecule has 1 aliphatic rings. The van der Waals surface area contributed by atoms with Crippen LogP contribution in [0.3, 0.4) is 0 Å². The van der Waals surface area contributed by atoms with E-state index in [0.717, 1.165) is 10.5 Å². The monoisotopic (exact) mass is 293 g/mol. The molecular formula is C13H15N3O5. The molecule has 1 unspecified atom stereocenters. The van der Waals surface area contributed by atoms with E-state index in [1.807, 2.05) is 0 Å². The molecule has 1 N–H and O–H groups in total. The molecule has 0 aliphatic carbocycles. The minimum Gasteiger partial charge on any atom is -0.474 e.